The van der Waals surface area contributed by atoms with Crippen molar-refractivity contribution in [1.82, 2.24) is 9.55 Å². The van der Waals surface area contributed by atoms with Crippen LogP contribution in [0.5, 0.6) is 0 Å². The third-order valence-corrected chi connectivity index (χ3v) is 9.89. The number of hydrogen-bond donors (Lipinski definition) is 1. The lowest BCUT2D eigenvalue weighted by Crippen LogP contribution is -2.18. The molecule has 1 N–H and O–H groups in total. The van der Waals surface area contributed by atoms with Crippen LogP contribution in [0.2, 0.25) is 0 Å². The fourth-order valence-corrected chi connectivity index (χ4v) is 6.56. The largest absolute Gasteiger partial charge is 0.354 e. The zero-order valence-electron chi connectivity index (χ0n) is 17.4. The van der Waals surface area contributed by atoms with E-state index in [1.54, 1.807) is 35.2 Å². The number of hydrogen-bond acceptors (Lipinski definition) is 6. The van der Waals surface area contributed by atoms with Gasteiger partial charge in [0.15, 0.2) is 5.82 Å². The minimum absolute atomic E-state index is 0.0686. The Morgan fingerprint density at radius 1 is 1.23 bits per heavy atom. The molecule has 0 spiro atoms. The lowest BCUT2D eigenvalue weighted by molar-refractivity contribution is 0.408. The number of sulfonamides is 1. The van der Waals surface area contributed by atoms with Gasteiger partial charge in [-0.05, 0) is 43.5 Å². The molecular weight excluding hydrogens is 506 g/mol. The van der Waals surface area contributed by atoms with Crippen molar-refractivity contribution in [1.29, 1.82) is 0 Å². The van der Waals surface area contributed by atoms with Gasteiger partial charge in [0.25, 0.3) is 10.0 Å². The molecule has 10 heteroatoms. The smallest absolute Gasteiger partial charge is 0.261 e. The van der Waals surface area contributed by atoms with Gasteiger partial charge < -0.3 is 0 Å². The highest BCUT2D eigenvalue weighted by molar-refractivity contribution is 9.10. The number of nitrogens with one attached hydrogen (secondary N) is 1. The summed E-state index contributed by atoms with van der Waals surface area (Å²) in [6.07, 6.45) is 1.01. The molecule has 0 saturated heterocycles. The van der Waals surface area contributed by atoms with Crippen LogP contribution in [-0.4, -0.2) is 23.7 Å². The van der Waals surface area contributed by atoms with Gasteiger partial charge in [0.2, 0.25) is 0 Å². The number of aromatic nitrogens is 2. The molecule has 0 radical (unpaired) electrons. The molecule has 162 valence electrons. The minimum Gasteiger partial charge on any atom is -0.261 e. The van der Waals surface area contributed by atoms with Gasteiger partial charge >= 0.3 is 5.69 Å². The van der Waals surface area contributed by atoms with Gasteiger partial charge in [0, 0.05) is 20.8 Å². The number of nitrogens with zero attached hydrogens (tertiary/aromatic N) is 2. The Hall–Kier alpha value is -1.36. The number of fused-ring (bicyclic) bond motifs is 1. The predicted octanol–water partition coefficient (Wildman–Crippen LogP) is 5.44. The molecule has 6 nitrogen and oxygen atoms in total. The molecule has 0 fully saturated rings. The van der Waals surface area contributed by atoms with Crippen LogP contribution in [0.3, 0.4) is 0 Å². The zero-order valence-corrected chi connectivity index (χ0v) is 21.5. The summed E-state index contributed by atoms with van der Waals surface area (Å²) in [5, 5.41) is 0. The van der Waals surface area contributed by atoms with Crippen LogP contribution in [0, 0.1) is 19.3 Å². The van der Waals surface area contributed by atoms with Crippen molar-refractivity contribution in [3.05, 3.63) is 49.8 Å². The van der Waals surface area contributed by atoms with Gasteiger partial charge in [0.05, 0.1) is 9.10 Å². The second kappa shape index (κ2) is 8.64. The average Bonchev–Trinajstić information content (AvgIpc) is 2.99. The van der Waals surface area contributed by atoms with Gasteiger partial charge in [-0.2, -0.15) is 4.98 Å². The summed E-state index contributed by atoms with van der Waals surface area (Å²) in [5.74, 6) is 0.912. The van der Waals surface area contributed by atoms with E-state index in [4.69, 9.17) is 0 Å². The lowest BCUT2D eigenvalue weighted by atomic mass is 9.93. The van der Waals surface area contributed by atoms with Crippen molar-refractivity contribution >= 4 is 54.9 Å². The van der Waals surface area contributed by atoms with E-state index >= 15 is 0 Å². The highest BCUT2D eigenvalue weighted by Crippen LogP contribution is 2.41. The van der Waals surface area contributed by atoms with Gasteiger partial charge in [0.1, 0.15) is 5.69 Å². The lowest BCUT2D eigenvalue weighted by Gasteiger charge is -2.23. The zero-order chi connectivity index (χ0) is 22.3. The maximum atomic E-state index is 12.9. The Morgan fingerprint density at radius 3 is 2.47 bits per heavy atom. The van der Waals surface area contributed by atoms with E-state index in [9.17, 15) is 13.2 Å². The monoisotopic (exact) mass is 529 g/mol. The van der Waals surface area contributed by atoms with E-state index in [2.05, 4.69) is 46.4 Å². The van der Waals surface area contributed by atoms with Crippen molar-refractivity contribution in [3.8, 4) is 5.69 Å². The Morgan fingerprint density at radius 2 is 1.87 bits per heavy atom. The van der Waals surface area contributed by atoms with Gasteiger partial charge in [-0.15, -0.1) is 23.1 Å². The number of benzene rings is 1. The van der Waals surface area contributed by atoms with Crippen LogP contribution < -0.4 is 10.4 Å². The normalized spacial score (nSPS) is 12.5. The molecule has 2 heterocycles. The van der Waals surface area contributed by atoms with Crippen LogP contribution in [0.25, 0.3) is 5.69 Å². The fraction of sp³-hybridized carbons (Fsp3) is 0.400. The number of halogens is 1. The SMILES string of the molecule is CCC(C)(C)CSc1sc(C)c(C)n2c(=O)nc(NS(=O)(=O)c3ccc(Br)cc3)c1-2. The van der Waals surface area contributed by atoms with E-state index in [-0.39, 0.29) is 16.1 Å². The summed E-state index contributed by atoms with van der Waals surface area (Å²) < 4.78 is 31.5. The summed E-state index contributed by atoms with van der Waals surface area (Å²) >= 11 is 6.50. The van der Waals surface area contributed by atoms with E-state index in [0.717, 1.165) is 31.4 Å². The van der Waals surface area contributed by atoms with Crippen molar-refractivity contribution < 1.29 is 8.42 Å². The third kappa shape index (κ3) is 4.76. The number of anilines is 1. The summed E-state index contributed by atoms with van der Waals surface area (Å²) in [6, 6.07) is 6.31. The van der Waals surface area contributed by atoms with Crippen molar-refractivity contribution in [2.24, 2.45) is 5.41 Å². The van der Waals surface area contributed by atoms with Crippen LogP contribution in [-0.2, 0) is 10.0 Å². The van der Waals surface area contributed by atoms with E-state index in [0.29, 0.717) is 5.69 Å². The highest BCUT2D eigenvalue weighted by Gasteiger charge is 2.28. The first kappa shape index (κ1) is 23.3. The van der Waals surface area contributed by atoms with Gasteiger partial charge in [-0.25, -0.2) is 13.2 Å². The molecule has 3 rings (SSSR count). The van der Waals surface area contributed by atoms with Crippen molar-refractivity contribution in [3.63, 3.8) is 0 Å². The summed E-state index contributed by atoms with van der Waals surface area (Å²) in [7, 11) is -3.89. The number of thioether (sulfide) groups is 1. The minimum atomic E-state index is -3.89. The Labute approximate surface area is 193 Å². The molecule has 0 bridgehead atoms. The maximum Gasteiger partial charge on any atom is 0.354 e. The second-order valence-corrected chi connectivity index (χ2v) is 12.9. The number of rotatable bonds is 7. The van der Waals surface area contributed by atoms with Crippen molar-refractivity contribution in [2.75, 3.05) is 10.5 Å². The highest BCUT2D eigenvalue weighted by atomic mass is 79.9. The van der Waals surface area contributed by atoms with E-state index in [1.807, 2.05) is 13.8 Å². The molecule has 1 aromatic carbocycles. The molecule has 0 atom stereocenters. The molecule has 2 aliphatic heterocycles. The van der Waals surface area contributed by atoms with E-state index in [1.165, 1.54) is 16.7 Å². The first-order valence-electron chi connectivity index (χ1n) is 9.39. The summed E-state index contributed by atoms with van der Waals surface area (Å²) in [5.41, 5.74) is 0.916. The van der Waals surface area contributed by atoms with Crippen LogP contribution in [0.4, 0.5) is 5.82 Å². The molecular formula is C20H24BrN3O3S3. The average molecular weight is 531 g/mol. The first-order chi connectivity index (χ1) is 13.9. The molecule has 0 unspecified atom stereocenters. The summed E-state index contributed by atoms with van der Waals surface area (Å²) in [6.45, 7) is 10.3. The Balaban J connectivity index is 2.09. The third-order valence-electron chi connectivity index (χ3n) is 5.04. The predicted molar refractivity (Wildman–Crippen MR) is 128 cm³/mol. The molecule has 0 aliphatic carbocycles. The molecule has 2 aliphatic rings. The molecule has 1 aromatic rings. The number of aryl methyl sites for hydroxylation is 1. The van der Waals surface area contributed by atoms with Gasteiger partial charge in [-0.3, -0.25) is 9.29 Å². The fourth-order valence-electron chi connectivity index (χ4n) is 2.65. The maximum absolute atomic E-state index is 12.9. The Bertz CT molecular complexity index is 1200. The molecule has 0 amide bonds. The quantitative estimate of drug-likeness (QED) is 0.412. The van der Waals surface area contributed by atoms with Crippen LogP contribution >= 0.6 is 39.0 Å². The number of imidazole rings is 1. The molecule has 0 aromatic heterocycles. The second-order valence-electron chi connectivity index (χ2n) is 7.82. The van der Waals surface area contributed by atoms with Crippen LogP contribution in [0.15, 0.2) is 42.6 Å². The molecule has 0 saturated carbocycles. The van der Waals surface area contributed by atoms with Gasteiger partial charge in [-0.1, -0.05) is 43.1 Å². The van der Waals surface area contributed by atoms with E-state index < -0.39 is 15.7 Å². The first-order valence-corrected chi connectivity index (χ1v) is 13.5. The van der Waals surface area contributed by atoms with Crippen LogP contribution in [0.1, 0.15) is 37.8 Å². The summed E-state index contributed by atoms with van der Waals surface area (Å²) in [4.78, 5) is 17.8. The Kier molecular flexibility index (Phi) is 6.71. The standard InChI is InChI=1S/C20H24BrN3O3S3/c1-6-20(4,5)11-28-18-16-17(22-19(25)24(16)12(2)13(3)29-18)23-30(26,27)15-9-7-14(21)8-10-15/h7-10H,6,11H2,1-5H3,(H,22,23,25). The molecule has 30 heavy (non-hydrogen) atoms. The van der Waals surface area contributed by atoms with Crippen molar-refractivity contribution in [2.45, 2.75) is 50.1 Å². The topological polar surface area (TPSA) is 81.1 Å².